The Balaban J connectivity index is 1.83. The molecule has 0 aliphatic heterocycles. The number of nitrogens with two attached hydrogens (primary N) is 1. The van der Waals surface area contributed by atoms with Gasteiger partial charge in [0, 0.05) is 19.2 Å². The lowest BCUT2D eigenvalue weighted by atomic mass is 10.1. The van der Waals surface area contributed by atoms with E-state index in [1.807, 2.05) is 40.9 Å². The molecule has 0 amide bonds. The van der Waals surface area contributed by atoms with Gasteiger partial charge in [-0.05, 0) is 23.6 Å². The Bertz CT molecular complexity index is 778. The van der Waals surface area contributed by atoms with Gasteiger partial charge in [0.15, 0.2) is 11.4 Å². The molecule has 120 valence electrons. The summed E-state index contributed by atoms with van der Waals surface area (Å²) in [5.74, 6) is 1.15. The number of ether oxygens (including phenoxy) is 1. The molecule has 1 aromatic carbocycles. The molecule has 3 rings (SSSR count). The molecule has 0 radical (unpaired) electrons. The normalized spacial score (nSPS) is 11.3. The summed E-state index contributed by atoms with van der Waals surface area (Å²) in [6, 6.07) is 14.3. The van der Waals surface area contributed by atoms with Crippen LogP contribution in [0, 0.1) is 0 Å². The van der Waals surface area contributed by atoms with Gasteiger partial charge in [0.05, 0.1) is 18.0 Å². The van der Waals surface area contributed by atoms with Gasteiger partial charge in [-0.15, -0.1) is 0 Å². The molecule has 23 heavy (non-hydrogen) atoms. The average molecular weight is 309 g/mol. The quantitative estimate of drug-likeness (QED) is 0.758. The summed E-state index contributed by atoms with van der Waals surface area (Å²) in [7, 11) is 0. The summed E-state index contributed by atoms with van der Waals surface area (Å²) < 4.78 is 8.04. The molecule has 0 spiro atoms. The number of hydrogen-bond donors (Lipinski definition) is 1. The van der Waals surface area contributed by atoms with Crippen LogP contribution in [-0.4, -0.2) is 16.0 Å². The predicted molar refractivity (Wildman–Crippen MR) is 92.8 cm³/mol. The standard InChI is InChI=1S/C19H23N3O/c1-14(2)18-16(13-20)22-11-6-9-17(19(22)21-18)23-12-10-15-7-4-3-5-8-15/h3-9,11,14H,10,12-13,20H2,1-2H3. The second-order valence-corrected chi connectivity index (χ2v) is 5.95. The minimum atomic E-state index is 0.339. The van der Waals surface area contributed by atoms with Gasteiger partial charge in [0.1, 0.15) is 0 Å². The van der Waals surface area contributed by atoms with Crippen molar-refractivity contribution in [2.24, 2.45) is 5.73 Å². The highest BCUT2D eigenvalue weighted by Gasteiger charge is 2.16. The van der Waals surface area contributed by atoms with E-state index in [4.69, 9.17) is 15.5 Å². The van der Waals surface area contributed by atoms with Crippen molar-refractivity contribution < 1.29 is 4.74 Å². The zero-order chi connectivity index (χ0) is 16.2. The molecule has 4 heteroatoms. The Labute approximate surface area is 136 Å². The van der Waals surface area contributed by atoms with Crippen LogP contribution in [0.2, 0.25) is 0 Å². The Kier molecular flexibility index (Phi) is 4.63. The van der Waals surface area contributed by atoms with Gasteiger partial charge in [-0.2, -0.15) is 0 Å². The fourth-order valence-corrected chi connectivity index (χ4v) is 2.81. The Morgan fingerprint density at radius 2 is 1.91 bits per heavy atom. The molecule has 3 aromatic rings. The van der Waals surface area contributed by atoms with Gasteiger partial charge < -0.3 is 10.5 Å². The Hall–Kier alpha value is -2.33. The van der Waals surface area contributed by atoms with Crippen molar-refractivity contribution in [3.63, 3.8) is 0 Å². The number of benzene rings is 1. The van der Waals surface area contributed by atoms with E-state index in [0.717, 1.165) is 29.2 Å². The van der Waals surface area contributed by atoms with Crippen LogP contribution in [0.15, 0.2) is 48.7 Å². The highest BCUT2D eigenvalue weighted by atomic mass is 16.5. The fraction of sp³-hybridized carbons (Fsp3) is 0.316. The Morgan fingerprint density at radius 1 is 1.13 bits per heavy atom. The average Bonchev–Trinajstić information content (AvgIpc) is 2.95. The monoisotopic (exact) mass is 309 g/mol. The van der Waals surface area contributed by atoms with Gasteiger partial charge in [-0.3, -0.25) is 4.40 Å². The molecular formula is C19H23N3O. The number of imidazole rings is 1. The molecule has 0 atom stereocenters. The third-order valence-corrected chi connectivity index (χ3v) is 3.98. The third kappa shape index (κ3) is 3.22. The molecule has 0 unspecified atom stereocenters. The van der Waals surface area contributed by atoms with E-state index in [0.29, 0.717) is 19.1 Å². The van der Waals surface area contributed by atoms with E-state index >= 15 is 0 Å². The van der Waals surface area contributed by atoms with Gasteiger partial charge in [0.2, 0.25) is 0 Å². The smallest absolute Gasteiger partial charge is 0.180 e. The second kappa shape index (κ2) is 6.84. The van der Waals surface area contributed by atoms with E-state index in [1.165, 1.54) is 5.56 Å². The van der Waals surface area contributed by atoms with Crippen LogP contribution in [0.3, 0.4) is 0 Å². The van der Waals surface area contributed by atoms with Crippen LogP contribution in [0.4, 0.5) is 0 Å². The lowest BCUT2D eigenvalue weighted by Gasteiger charge is -2.08. The van der Waals surface area contributed by atoms with Crippen molar-refractivity contribution in [2.75, 3.05) is 6.61 Å². The molecule has 2 aromatic heterocycles. The van der Waals surface area contributed by atoms with Crippen molar-refractivity contribution in [3.05, 3.63) is 65.6 Å². The number of nitrogens with zero attached hydrogens (tertiary/aromatic N) is 2. The number of aromatic nitrogens is 2. The maximum absolute atomic E-state index is 5.99. The second-order valence-electron chi connectivity index (χ2n) is 5.95. The van der Waals surface area contributed by atoms with Crippen molar-refractivity contribution in [2.45, 2.75) is 32.7 Å². The number of pyridine rings is 1. The van der Waals surface area contributed by atoms with Gasteiger partial charge in [-0.1, -0.05) is 44.2 Å². The van der Waals surface area contributed by atoms with Gasteiger partial charge in [-0.25, -0.2) is 4.98 Å². The first kappa shape index (κ1) is 15.6. The van der Waals surface area contributed by atoms with E-state index in [1.54, 1.807) is 0 Å². The topological polar surface area (TPSA) is 52.5 Å². The molecule has 4 nitrogen and oxygen atoms in total. The summed E-state index contributed by atoms with van der Waals surface area (Å²) in [4.78, 5) is 4.77. The lowest BCUT2D eigenvalue weighted by Crippen LogP contribution is -2.05. The molecule has 0 bridgehead atoms. The lowest BCUT2D eigenvalue weighted by molar-refractivity contribution is 0.324. The van der Waals surface area contributed by atoms with Crippen LogP contribution in [0.5, 0.6) is 5.75 Å². The molecule has 0 saturated carbocycles. The largest absolute Gasteiger partial charge is 0.489 e. The molecule has 0 saturated heterocycles. The van der Waals surface area contributed by atoms with Crippen LogP contribution in [-0.2, 0) is 13.0 Å². The summed E-state index contributed by atoms with van der Waals surface area (Å²) >= 11 is 0. The minimum absolute atomic E-state index is 0.339. The van der Waals surface area contributed by atoms with Crippen LogP contribution in [0.25, 0.3) is 5.65 Å². The first-order chi connectivity index (χ1) is 11.2. The van der Waals surface area contributed by atoms with Gasteiger partial charge in [0.25, 0.3) is 0 Å². The Morgan fingerprint density at radius 3 is 2.61 bits per heavy atom. The minimum Gasteiger partial charge on any atom is -0.489 e. The number of fused-ring (bicyclic) bond motifs is 1. The summed E-state index contributed by atoms with van der Waals surface area (Å²) in [5.41, 5.74) is 10.2. The SMILES string of the molecule is CC(C)c1nc2c(OCCc3ccccc3)cccn2c1CN. The highest BCUT2D eigenvalue weighted by Crippen LogP contribution is 2.26. The maximum atomic E-state index is 5.99. The number of rotatable bonds is 6. The molecule has 2 heterocycles. The fourth-order valence-electron chi connectivity index (χ4n) is 2.81. The van der Waals surface area contributed by atoms with Crippen LogP contribution >= 0.6 is 0 Å². The zero-order valence-corrected chi connectivity index (χ0v) is 13.7. The summed E-state index contributed by atoms with van der Waals surface area (Å²) in [6.45, 7) is 5.38. The third-order valence-electron chi connectivity index (χ3n) is 3.98. The highest BCUT2D eigenvalue weighted by molar-refractivity contribution is 5.56. The summed E-state index contributed by atoms with van der Waals surface area (Å²) in [5, 5.41) is 0. The molecule has 0 aliphatic carbocycles. The van der Waals surface area contributed by atoms with E-state index < -0.39 is 0 Å². The van der Waals surface area contributed by atoms with E-state index in [-0.39, 0.29) is 0 Å². The van der Waals surface area contributed by atoms with Crippen LogP contribution < -0.4 is 10.5 Å². The van der Waals surface area contributed by atoms with Gasteiger partial charge >= 0.3 is 0 Å². The van der Waals surface area contributed by atoms with Crippen LogP contribution in [0.1, 0.15) is 36.7 Å². The van der Waals surface area contributed by atoms with E-state index in [9.17, 15) is 0 Å². The first-order valence-corrected chi connectivity index (χ1v) is 8.07. The summed E-state index contributed by atoms with van der Waals surface area (Å²) in [6.07, 6.45) is 2.88. The number of hydrogen-bond acceptors (Lipinski definition) is 3. The molecular weight excluding hydrogens is 286 g/mol. The van der Waals surface area contributed by atoms with Crippen molar-refractivity contribution in [1.29, 1.82) is 0 Å². The van der Waals surface area contributed by atoms with Crippen molar-refractivity contribution in [1.82, 2.24) is 9.38 Å². The molecule has 2 N–H and O–H groups in total. The maximum Gasteiger partial charge on any atom is 0.180 e. The predicted octanol–water partition coefficient (Wildman–Crippen LogP) is 3.54. The van der Waals surface area contributed by atoms with Crippen molar-refractivity contribution >= 4 is 5.65 Å². The first-order valence-electron chi connectivity index (χ1n) is 8.07. The van der Waals surface area contributed by atoms with Crippen molar-refractivity contribution in [3.8, 4) is 5.75 Å². The zero-order valence-electron chi connectivity index (χ0n) is 13.7. The molecule has 0 fully saturated rings. The molecule has 0 aliphatic rings. The van der Waals surface area contributed by atoms with E-state index in [2.05, 4.69) is 26.0 Å².